The molecule has 0 radical (unpaired) electrons. The van der Waals surface area contributed by atoms with Gasteiger partial charge >= 0.3 is 0 Å². The molecule has 1 aromatic heterocycles. The normalized spacial score (nSPS) is 11.6. The van der Waals surface area contributed by atoms with Crippen LogP contribution in [0.15, 0.2) is 35.2 Å². The molecule has 7 nitrogen and oxygen atoms in total. The van der Waals surface area contributed by atoms with E-state index in [9.17, 15) is 8.42 Å². The van der Waals surface area contributed by atoms with Crippen LogP contribution in [-0.4, -0.2) is 25.1 Å². The van der Waals surface area contributed by atoms with E-state index in [1.54, 1.807) is 24.3 Å². The molecular weight excluding hydrogens is 268 g/mol. The molecule has 0 aliphatic heterocycles. The van der Waals surface area contributed by atoms with Crippen molar-refractivity contribution >= 4 is 15.7 Å². The topological polar surface area (TPSA) is 111 Å². The second-order valence-electron chi connectivity index (χ2n) is 3.95. The Kier molecular flexibility index (Phi) is 4.13. The van der Waals surface area contributed by atoms with Crippen molar-refractivity contribution < 1.29 is 12.9 Å². The summed E-state index contributed by atoms with van der Waals surface area (Å²) in [5.41, 5.74) is 6.75. The Morgan fingerprint density at radius 3 is 2.79 bits per heavy atom. The van der Waals surface area contributed by atoms with Gasteiger partial charge in [0, 0.05) is 18.7 Å². The molecule has 0 fully saturated rings. The maximum atomic E-state index is 11.8. The molecule has 0 aliphatic rings. The lowest BCUT2D eigenvalue weighted by atomic mass is 10.2. The van der Waals surface area contributed by atoms with Crippen LogP contribution in [-0.2, 0) is 22.2 Å². The molecule has 2 aromatic rings. The van der Waals surface area contributed by atoms with Crippen molar-refractivity contribution in [2.45, 2.75) is 12.2 Å². The molecule has 1 aromatic carbocycles. The zero-order valence-electron chi connectivity index (χ0n) is 10.1. The van der Waals surface area contributed by atoms with Gasteiger partial charge in [-0.05, 0) is 11.6 Å². The number of nitrogen functional groups attached to an aromatic ring is 1. The minimum absolute atomic E-state index is 0.147. The lowest BCUT2D eigenvalue weighted by Crippen LogP contribution is -2.27. The minimum Gasteiger partial charge on any atom is -0.398 e. The van der Waals surface area contributed by atoms with E-state index in [2.05, 4.69) is 19.4 Å². The van der Waals surface area contributed by atoms with E-state index in [0.29, 0.717) is 23.5 Å². The van der Waals surface area contributed by atoms with Gasteiger partial charge in [0.15, 0.2) is 5.82 Å². The van der Waals surface area contributed by atoms with Crippen molar-refractivity contribution in [1.82, 2.24) is 14.9 Å². The smallest absolute Gasteiger partial charge is 0.215 e. The third kappa shape index (κ3) is 4.04. The fourth-order valence-corrected chi connectivity index (χ4v) is 2.73. The van der Waals surface area contributed by atoms with E-state index in [1.807, 2.05) is 0 Å². The lowest BCUT2D eigenvalue weighted by Gasteiger charge is -2.07. The molecule has 3 N–H and O–H groups in total. The van der Waals surface area contributed by atoms with Crippen LogP contribution in [0.4, 0.5) is 5.69 Å². The summed E-state index contributed by atoms with van der Waals surface area (Å²) in [5, 5.41) is 3.59. The third-order valence-corrected chi connectivity index (χ3v) is 3.81. The Morgan fingerprint density at radius 2 is 2.11 bits per heavy atom. The van der Waals surface area contributed by atoms with Crippen molar-refractivity contribution in [3.8, 4) is 0 Å². The summed E-state index contributed by atoms with van der Waals surface area (Å²) in [6.45, 7) is 0.217. The standard InChI is InChI=1S/C11H14N4O3S/c12-10-4-2-1-3-9(10)7-19(16,17)14-6-5-11-13-8-18-15-11/h1-4,8,14H,5-7,12H2. The number of sulfonamides is 1. The van der Waals surface area contributed by atoms with Gasteiger partial charge in [-0.2, -0.15) is 4.98 Å². The first-order valence-electron chi connectivity index (χ1n) is 5.63. The molecule has 2 rings (SSSR count). The molecule has 102 valence electrons. The highest BCUT2D eigenvalue weighted by molar-refractivity contribution is 7.88. The van der Waals surface area contributed by atoms with Crippen LogP contribution < -0.4 is 10.5 Å². The fourth-order valence-electron chi connectivity index (χ4n) is 1.54. The molecule has 0 bridgehead atoms. The second kappa shape index (κ2) is 5.81. The molecule has 0 saturated carbocycles. The Morgan fingerprint density at radius 1 is 1.32 bits per heavy atom. The molecule has 8 heteroatoms. The Hall–Kier alpha value is -1.93. The van der Waals surface area contributed by atoms with Gasteiger partial charge in [0.25, 0.3) is 0 Å². The SMILES string of the molecule is Nc1ccccc1CS(=O)(=O)NCCc1ncon1. The molecule has 0 atom stereocenters. The second-order valence-corrected chi connectivity index (χ2v) is 5.76. The average molecular weight is 282 g/mol. The van der Waals surface area contributed by atoms with Gasteiger partial charge < -0.3 is 10.3 Å². The van der Waals surface area contributed by atoms with Gasteiger partial charge in [-0.25, -0.2) is 13.1 Å². The number of nitrogens with two attached hydrogens (primary N) is 1. The van der Waals surface area contributed by atoms with Gasteiger partial charge in [-0.3, -0.25) is 0 Å². The van der Waals surface area contributed by atoms with Crippen molar-refractivity contribution in [3.63, 3.8) is 0 Å². The number of hydrogen-bond donors (Lipinski definition) is 2. The van der Waals surface area contributed by atoms with Crippen molar-refractivity contribution in [2.24, 2.45) is 0 Å². The number of benzene rings is 1. The van der Waals surface area contributed by atoms with Gasteiger partial charge in [0.1, 0.15) is 0 Å². The van der Waals surface area contributed by atoms with Crippen molar-refractivity contribution in [2.75, 3.05) is 12.3 Å². The first-order chi connectivity index (χ1) is 9.07. The monoisotopic (exact) mass is 282 g/mol. The van der Waals surface area contributed by atoms with Crippen LogP contribution in [0.2, 0.25) is 0 Å². The Bertz CT molecular complexity index is 625. The zero-order chi connectivity index (χ0) is 13.7. The van der Waals surface area contributed by atoms with Crippen LogP contribution in [0.3, 0.4) is 0 Å². The molecule has 0 amide bonds. The summed E-state index contributed by atoms with van der Waals surface area (Å²) in [4.78, 5) is 3.80. The van der Waals surface area contributed by atoms with Gasteiger partial charge in [-0.15, -0.1) is 0 Å². The van der Waals surface area contributed by atoms with E-state index in [4.69, 9.17) is 5.73 Å². The summed E-state index contributed by atoms with van der Waals surface area (Å²) in [6.07, 6.45) is 1.58. The van der Waals surface area contributed by atoms with E-state index in [1.165, 1.54) is 6.39 Å². The summed E-state index contributed by atoms with van der Waals surface area (Å²) >= 11 is 0. The van der Waals surface area contributed by atoms with Crippen LogP contribution in [0.25, 0.3) is 0 Å². The number of rotatable bonds is 6. The fraction of sp³-hybridized carbons (Fsp3) is 0.273. The number of hydrogen-bond acceptors (Lipinski definition) is 6. The van der Waals surface area contributed by atoms with E-state index < -0.39 is 10.0 Å². The zero-order valence-corrected chi connectivity index (χ0v) is 10.9. The Labute approximate surface area is 110 Å². The molecule has 0 unspecified atom stereocenters. The number of aromatic nitrogens is 2. The molecular formula is C11H14N4O3S. The number of nitrogens with one attached hydrogen (secondary N) is 1. The first-order valence-corrected chi connectivity index (χ1v) is 7.28. The highest BCUT2D eigenvalue weighted by Crippen LogP contribution is 2.13. The van der Waals surface area contributed by atoms with E-state index in [-0.39, 0.29) is 12.3 Å². The number of nitrogens with zero attached hydrogens (tertiary/aromatic N) is 2. The molecule has 19 heavy (non-hydrogen) atoms. The minimum atomic E-state index is -3.43. The summed E-state index contributed by atoms with van der Waals surface area (Å²) in [7, 11) is -3.43. The van der Waals surface area contributed by atoms with E-state index >= 15 is 0 Å². The van der Waals surface area contributed by atoms with Crippen LogP contribution in [0, 0.1) is 0 Å². The lowest BCUT2D eigenvalue weighted by molar-refractivity contribution is 0.410. The van der Waals surface area contributed by atoms with Gasteiger partial charge in [-0.1, -0.05) is 23.4 Å². The molecule has 1 heterocycles. The van der Waals surface area contributed by atoms with Gasteiger partial charge in [0.05, 0.1) is 5.75 Å². The maximum Gasteiger partial charge on any atom is 0.215 e. The average Bonchev–Trinajstić information content (AvgIpc) is 2.85. The van der Waals surface area contributed by atoms with E-state index in [0.717, 1.165) is 0 Å². The number of anilines is 1. The predicted octanol–water partition coefficient (Wildman–Crippen LogP) is 0.314. The molecule has 0 saturated heterocycles. The largest absolute Gasteiger partial charge is 0.398 e. The quantitative estimate of drug-likeness (QED) is 0.738. The van der Waals surface area contributed by atoms with Crippen LogP contribution in [0.1, 0.15) is 11.4 Å². The predicted molar refractivity (Wildman–Crippen MR) is 69.5 cm³/mol. The van der Waals surface area contributed by atoms with Crippen molar-refractivity contribution in [1.29, 1.82) is 0 Å². The highest BCUT2D eigenvalue weighted by Gasteiger charge is 2.13. The first kappa shape index (κ1) is 13.5. The maximum absolute atomic E-state index is 11.8. The summed E-state index contributed by atoms with van der Waals surface area (Å²) in [6, 6.07) is 6.87. The highest BCUT2D eigenvalue weighted by atomic mass is 32.2. The molecule has 0 aliphatic carbocycles. The van der Waals surface area contributed by atoms with Gasteiger partial charge in [0.2, 0.25) is 16.4 Å². The van der Waals surface area contributed by atoms with Crippen molar-refractivity contribution in [3.05, 3.63) is 42.0 Å². The Balaban J connectivity index is 1.90. The summed E-state index contributed by atoms with van der Waals surface area (Å²) in [5.74, 6) is 0.313. The van der Waals surface area contributed by atoms with Crippen LogP contribution >= 0.6 is 0 Å². The third-order valence-electron chi connectivity index (χ3n) is 2.48. The molecule has 0 spiro atoms. The van der Waals surface area contributed by atoms with Crippen LogP contribution in [0.5, 0.6) is 0 Å². The number of para-hydroxylation sites is 1. The summed E-state index contributed by atoms with van der Waals surface area (Å²) < 4.78 is 30.7.